The van der Waals surface area contributed by atoms with Crippen molar-refractivity contribution >= 4 is 11.8 Å². The number of nitrogens with zero attached hydrogens (tertiary/aromatic N) is 2. The summed E-state index contributed by atoms with van der Waals surface area (Å²) < 4.78 is 18.8. The monoisotopic (exact) mass is 295 g/mol. The Morgan fingerprint density at radius 1 is 1.29 bits per heavy atom. The lowest BCUT2D eigenvalue weighted by Gasteiger charge is -2.20. The molecular weight excluding hydrogens is 277 g/mol. The molecule has 0 bridgehead atoms. The number of amides is 2. The highest BCUT2D eigenvalue weighted by atomic mass is 19.1. The molecule has 1 aliphatic heterocycles. The number of rotatable bonds is 2. The van der Waals surface area contributed by atoms with Gasteiger partial charge in [-0.15, -0.1) is 0 Å². The van der Waals surface area contributed by atoms with Crippen LogP contribution >= 0.6 is 0 Å². The molecule has 2 aliphatic rings. The summed E-state index contributed by atoms with van der Waals surface area (Å²) in [4.78, 5) is 25.2. The van der Waals surface area contributed by atoms with E-state index in [0.717, 1.165) is 43.4 Å². The summed E-state index contributed by atoms with van der Waals surface area (Å²) >= 11 is 0. The first kappa shape index (κ1) is 14.0. The second kappa shape index (κ2) is 5.46. The van der Waals surface area contributed by atoms with Gasteiger partial charge in [0.25, 0.3) is 5.91 Å². The molecule has 7 heteroatoms. The van der Waals surface area contributed by atoms with E-state index in [0.29, 0.717) is 0 Å². The normalized spacial score (nSPS) is 25.5. The van der Waals surface area contributed by atoms with E-state index in [1.807, 2.05) is 0 Å². The van der Waals surface area contributed by atoms with Crippen molar-refractivity contribution in [1.29, 1.82) is 0 Å². The number of halogens is 1. The van der Waals surface area contributed by atoms with Crippen LogP contribution in [0.15, 0.2) is 4.52 Å². The predicted molar refractivity (Wildman–Crippen MR) is 71.3 cm³/mol. The Balaban J connectivity index is 1.88. The van der Waals surface area contributed by atoms with Crippen LogP contribution < -0.4 is 5.73 Å². The molecule has 1 aliphatic carbocycles. The van der Waals surface area contributed by atoms with Crippen molar-refractivity contribution in [2.45, 2.75) is 50.7 Å². The fourth-order valence-electron chi connectivity index (χ4n) is 3.14. The number of aryl methyl sites for hydroxylation is 1. The summed E-state index contributed by atoms with van der Waals surface area (Å²) in [5, 5.41) is 3.86. The largest absolute Gasteiger partial charge is 0.368 e. The van der Waals surface area contributed by atoms with Gasteiger partial charge >= 0.3 is 0 Å². The SMILES string of the molecule is NC(=O)[C@@H]1C[C@@H](F)CN1C(=O)c1noc2c1CCCCC2. The van der Waals surface area contributed by atoms with Gasteiger partial charge in [0.1, 0.15) is 18.0 Å². The minimum absolute atomic E-state index is 0.0406. The second-order valence-electron chi connectivity index (χ2n) is 5.70. The average Bonchev–Trinajstić information content (AvgIpc) is 2.95. The lowest BCUT2D eigenvalue weighted by atomic mass is 10.1. The zero-order valence-corrected chi connectivity index (χ0v) is 11.7. The van der Waals surface area contributed by atoms with Gasteiger partial charge in [0, 0.05) is 18.4 Å². The van der Waals surface area contributed by atoms with E-state index < -0.39 is 24.0 Å². The number of carbonyl (C=O) groups excluding carboxylic acids is 2. The zero-order valence-electron chi connectivity index (χ0n) is 11.7. The third kappa shape index (κ3) is 2.52. The van der Waals surface area contributed by atoms with E-state index in [9.17, 15) is 14.0 Å². The van der Waals surface area contributed by atoms with Crippen molar-refractivity contribution in [3.8, 4) is 0 Å². The molecule has 2 amide bonds. The quantitative estimate of drug-likeness (QED) is 0.824. The predicted octanol–water partition coefficient (Wildman–Crippen LogP) is 0.981. The molecule has 0 radical (unpaired) electrons. The Hall–Kier alpha value is -1.92. The summed E-state index contributed by atoms with van der Waals surface area (Å²) in [6.45, 7) is -0.117. The number of aromatic nitrogens is 1. The summed E-state index contributed by atoms with van der Waals surface area (Å²) in [6, 6.07) is -0.898. The number of carbonyl (C=O) groups is 2. The third-order valence-electron chi connectivity index (χ3n) is 4.24. The molecule has 1 saturated heterocycles. The van der Waals surface area contributed by atoms with Gasteiger partial charge in [-0.2, -0.15) is 0 Å². The number of hydrogen-bond acceptors (Lipinski definition) is 4. The molecule has 0 unspecified atom stereocenters. The fourth-order valence-corrected chi connectivity index (χ4v) is 3.14. The van der Waals surface area contributed by atoms with E-state index in [-0.39, 0.29) is 18.7 Å². The lowest BCUT2D eigenvalue weighted by Crippen LogP contribution is -2.44. The van der Waals surface area contributed by atoms with Gasteiger partial charge < -0.3 is 15.2 Å². The molecule has 1 aromatic rings. The van der Waals surface area contributed by atoms with Gasteiger partial charge in [-0.05, 0) is 19.3 Å². The summed E-state index contributed by atoms with van der Waals surface area (Å²) in [5.74, 6) is -0.397. The van der Waals surface area contributed by atoms with Crippen LogP contribution in [0.1, 0.15) is 47.5 Å². The lowest BCUT2D eigenvalue weighted by molar-refractivity contribution is -0.121. The standard InChI is InChI=1S/C14H18FN3O3/c15-8-6-10(13(16)19)18(7-8)14(20)12-9-4-2-1-3-5-11(9)21-17-12/h8,10H,1-7H2,(H2,16,19)/t8-,10+/m1/s1. The van der Waals surface area contributed by atoms with E-state index in [1.165, 1.54) is 4.90 Å². The van der Waals surface area contributed by atoms with Gasteiger partial charge in [0.15, 0.2) is 5.69 Å². The third-order valence-corrected chi connectivity index (χ3v) is 4.24. The number of nitrogens with two attached hydrogens (primary N) is 1. The number of primary amides is 1. The molecule has 0 aromatic carbocycles. The molecule has 21 heavy (non-hydrogen) atoms. The van der Waals surface area contributed by atoms with Gasteiger partial charge in [-0.3, -0.25) is 9.59 Å². The Kier molecular flexibility index (Phi) is 3.65. The summed E-state index contributed by atoms with van der Waals surface area (Å²) in [5.41, 5.74) is 6.28. The van der Waals surface area contributed by atoms with Crippen LogP contribution in [0.3, 0.4) is 0 Å². The molecule has 1 aromatic heterocycles. The van der Waals surface area contributed by atoms with Crippen molar-refractivity contribution in [3.63, 3.8) is 0 Å². The molecule has 0 saturated carbocycles. The average molecular weight is 295 g/mol. The number of fused-ring (bicyclic) bond motifs is 1. The van der Waals surface area contributed by atoms with Gasteiger partial charge in [-0.25, -0.2) is 4.39 Å². The van der Waals surface area contributed by atoms with Crippen molar-refractivity contribution in [2.75, 3.05) is 6.54 Å². The van der Waals surface area contributed by atoms with Crippen LogP contribution in [-0.2, 0) is 17.6 Å². The molecule has 2 atom stereocenters. The molecule has 6 nitrogen and oxygen atoms in total. The molecule has 0 spiro atoms. The smallest absolute Gasteiger partial charge is 0.277 e. The molecule has 114 valence electrons. The number of hydrogen-bond donors (Lipinski definition) is 1. The highest BCUT2D eigenvalue weighted by Crippen LogP contribution is 2.27. The van der Waals surface area contributed by atoms with E-state index >= 15 is 0 Å². The minimum atomic E-state index is -1.23. The Labute approximate surface area is 121 Å². The van der Waals surface area contributed by atoms with Crippen molar-refractivity contribution in [3.05, 3.63) is 17.0 Å². The van der Waals surface area contributed by atoms with Crippen molar-refractivity contribution in [1.82, 2.24) is 10.1 Å². The maximum absolute atomic E-state index is 13.5. The zero-order chi connectivity index (χ0) is 15.0. The Morgan fingerprint density at radius 3 is 2.81 bits per heavy atom. The molecular formula is C14H18FN3O3. The van der Waals surface area contributed by atoms with Crippen LogP contribution in [-0.4, -0.2) is 40.6 Å². The fraction of sp³-hybridized carbons (Fsp3) is 0.643. The first-order chi connectivity index (χ1) is 10.1. The maximum Gasteiger partial charge on any atom is 0.277 e. The van der Waals surface area contributed by atoms with E-state index in [4.69, 9.17) is 10.3 Å². The van der Waals surface area contributed by atoms with Crippen LogP contribution in [0.2, 0.25) is 0 Å². The van der Waals surface area contributed by atoms with Crippen molar-refractivity contribution in [2.24, 2.45) is 5.73 Å². The summed E-state index contributed by atoms with van der Waals surface area (Å²) in [7, 11) is 0. The van der Waals surface area contributed by atoms with Gasteiger partial charge in [0.2, 0.25) is 5.91 Å². The van der Waals surface area contributed by atoms with Crippen molar-refractivity contribution < 1.29 is 18.5 Å². The van der Waals surface area contributed by atoms with Crippen LogP contribution in [0, 0.1) is 0 Å². The van der Waals surface area contributed by atoms with Crippen LogP contribution in [0.4, 0.5) is 4.39 Å². The minimum Gasteiger partial charge on any atom is -0.368 e. The number of likely N-dealkylation sites (tertiary alicyclic amines) is 1. The van der Waals surface area contributed by atoms with Gasteiger partial charge in [-0.1, -0.05) is 11.6 Å². The first-order valence-electron chi connectivity index (χ1n) is 7.29. The van der Waals surface area contributed by atoms with E-state index in [1.54, 1.807) is 0 Å². The Morgan fingerprint density at radius 2 is 2.05 bits per heavy atom. The van der Waals surface area contributed by atoms with Crippen LogP contribution in [0.25, 0.3) is 0 Å². The second-order valence-corrected chi connectivity index (χ2v) is 5.70. The molecule has 3 rings (SSSR count). The first-order valence-corrected chi connectivity index (χ1v) is 7.29. The van der Waals surface area contributed by atoms with E-state index in [2.05, 4.69) is 5.16 Å². The highest BCUT2D eigenvalue weighted by Gasteiger charge is 2.41. The highest BCUT2D eigenvalue weighted by molar-refractivity contribution is 5.97. The van der Waals surface area contributed by atoms with Gasteiger partial charge in [0.05, 0.1) is 6.54 Å². The number of alkyl halides is 1. The maximum atomic E-state index is 13.5. The molecule has 2 heterocycles. The van der Waals surface area contributed by atoms with Crippen LogP contribution in [0.5, 0.6) is 0 Å². The Bertz CT molecular complexity index is 572. The topological polar surface area (TPSA) is 89.4 Å². The summed E-state index contributed by atoms with van der Waals surface area (Å²) in [6.07, 6.45) is 3.29. The molecule has 2 N–H and O–H groups in total. The molecule has 1 fully saturated rings.